The van der Waals surface area contributed by atoms with Gasteiger partial charge in [0.15, 0.2) is 11.3 Å². The van der Waals surface area contributed by atoms with Gasteiger partial charge in [-0.25, -0.2) is 15.0 Å². The molecular weight excluding hydrogens is 344 g/mol. The van der Waals surface area contributed by atoms with Gasteiger partial charge in [0.05, 0.1) is 28.2 Å². The van der Waals surface area contributed by atoms with E-state index in [0.29, 0.717) is 28.3 Å². The number of nitrogens with one attached hydrogen (secondary N) is 1. The van der Waals surface area contributed by atoms with E-state index in [2.05, 4.69) is 25.5 Å². The minimum atomic E-state index is -0.232. The highest BCUT2D eigenvalue weighted by Crippen LogP contribution is 2.40. The fraction of sp³-hybridized carbons (Fsp3) is 0.333. The fourth-order valence-electron chi connectivity index (χ4n) is 3.47. The number of carbonyl (C=O) groups is 1. The molecule has 27 heavy (non-hydrogen) atoms. The Bertz CT molecular complexity index is 1220. The first kappa shape index (κ1) is 15.9. The molecule has 4 aromatic heterocycles. The highest BCUT2D eigenvalue weighted by atomic mass is 16.1. The van der Waals surface area contributed by atoms with Crippen LogP contribution in [0.3, 0.4) is 0 Å². The standard InChI is InChI=1S/C18H18N8O/c1-9-14-11(6-13(10-4-5-10)22-17(14)26(3)24-9)18(27)23-15-12-7-21-25(2)16(12)20-8-19-15/h6-8,10H,4-5H2,1-3H3,(H,19,20,23,27). The van der Waals surface area contributed by atoms with Crippen molar-refractivity contribution in [2.24, 2.45) is 14.1 Å². The van der Waals surface area contributed by atoms with Crippen molar-refractivity contribution in [3.8, 4) is 0 Å². The zero-order chi connectivity index (χ0) is 18.7. The average molecular weight is 362 g/mol. The van der Waals surface area contributed by atoms with E-state index in [1.165, 1.54) is 6.33 Å². The number of nitrogens with zero attached hydrogens (tertiary/aromatic N) is 7. The third kappa shape index (κ3) is 2.46. The van der Waals surface area contributed by atoms with Gasteiger partial charge in [-0.1, -0.05) is 0 Å². The van der Waals surface area contributed by atoms with Crippen LogP contribution in [0.5, 0.6) is 0 Å². The molecule has 4 heterocycles. The minimum Gasteiger partial charge on any atom is -0.306 e. The van der Waals surface area contributed by atoms with Crippen molar-refractivity contribution in [1.29, 1.82) is 0 Å². The van der Waals surface area contributed by atoms with Crippen molar-refractivity contribution < 1.29 is 4.79 Å². The first-order chi connectivity index (χ1) is 13.0. The first-order valence-electron chi connectivity index (χ1n) is 8.81. The molecule has 0 bridgehead atoms. The predicted octanol–water partition coefficient (Wildman–Crippen LogP) is 2.08. The fourth-order valence-corrected chi connectivity index (χ4v) is 3.47. The smallest absolute Gasteiger partial charge is 0.257 e. The van der Waals surface area contributed by atoms with Gasteiger partial charge in [0.1, 0.15) is 12.1 Å². The molecule has 0 aromatic carbocycles. The molecule has 1 amide bonds. The minimum absolute atomic E-state index is 0.232. The Kier molecular flexibility index (Phi) is 3.27. The molecule has 0 aliphatic heterocycles. The van der Waals surface area contributed by atoms with E-state index in [0.717, 1.165) is 35.3 Å². The molecular formula is C18H18N8O. The summed E-state index contributed by atoms with van der Waals surface area (Å²) in [7, 11) is 3.65. The number of carbonyl (C=O) groups excluding carboxylic acids is 1. The number of fused-ring (bicyclic) bond motifs is 2. The second-order valence-electron chi connectivity index (χ2n) is 6.96. The summed E-state index contributed by atoms with van der Waals surface area (Å²) in [6, 6.07) is 1.89. The summed E-state index contributed by atoms with van der Waals surface area (Å²) in [4.78, 5) is 26.4. The monoisotopic (exact) mass is 362 g/mol. The zero-order valence-corrected chi connectivity index (χ0v) is 15.3. The molecule has 1 aliphatic carbocycles. The summed E-state index contributed by atoms with van der Waals surface area (Å²) in [6.45, 7) is 1.89. The molecule has 9 nitrogen and oxygen atoms in total. The molecule has 1 aliphatic rings. The summed E-state index contributed by atoms with van der Waals surface area (Å²) in [5.74, 6) is 0.641. The van der Waals surface area contributed by atoms with Crippen LogP contribution < -0.4 is 5.32 Å². The van der Waals surface area contributed by atoms with Crippen molar-refractivity contribution in [2.75, 3.05) is 5.32 Å². The molecule has 1 fully saturated rings. The first-order valence-corrected chi connectivity index (χ1v) is 8.81. The largest absolute Gasteiger partial charge is 0.306 e. The van der Waals surface area contributed by atoms with Crippen molar-refractivity contribution in [3.63, 3.8) is 0 Å². The molecule has 0 radical (unpaired) electrons. The Hall–Kier alpha value is -3.36. The van der Waals surface area contributed by atoms with Gasteiger partial charge in [-0.05, 0) is 25.8 Å². The number of pyridine rings is 1. The van der Waals surface area contributed by atoms with E-state index in [-0.39, 0.29) is 5.91 Å². The van der Waals surface area contributed by atoms with E-state index in [1.807, 2.05) is 20.0 Å². The van der Waals surface area contributed by atoms with Crippen molar-refractivity contribution in [3.05, 3.63) is 35.5 Å². The van der Waals surface area contributed by atoms with Crippen LogP contribution in [0.4, 0.5) is 5.82 Å². The van der Waals surface area contributed by atoms with E-state index in [9.17, 15) is 4.79 Å². The second kappa shape index (κ2) is 5.57. The van der Waals surface area contributed by atoms with E-state index < -0.39 is 0 Å². The van der Waals surface area contributed by atoms with Crippen molar-refractivity contribution in [2.45, 2.75) is 25.7 Å². The molecule has 0 spiro atoms. The van der Waals surface area contributed by atoms with Crippen LogP contribution in [-0.4, -0.2) is 40.4 Å². The van der Waals surface area contributed by atoms with Gasteiger partial charge >= 0.3 is 0 Å². The van der Waals surface area contributed by atoms with Gasteiger partial charge in [-0.3, -0.25) is 14.2 Å². The molecule has 1 saturated carbocycles. The number of hydrogen-bond donors (Lipinski definition) is 1. The van der Waals surface area contributed by atoms with Gasteiger partial charge in [0.25, 0.3) is 5.91 Å². The molecule has 0 atom stereocenters. The lowest BCUT2D eigenvalue weighted by Gasteiger charge is -2.09. The third-order valence-corrected chi connectivity index (χ3v) is 4.99. The highest BCUT2D eigenvalue weighted by Gasteiger charge is 2.28. The number of amides is 1. The summed E-state index contributed by atoms with van der Waals surface area (Å²) in [5.41, 5.74) is 3.70. The highest BCUT2D eigenvalue weighted by molar-refractivity contribution is 6.14. The summed E-state index contributed by atoms with van der Waals surface area (Å²) in [6.07, 6.45) is 5.29. The summed E-state index contributed by atoms with van der Waals surface area (Å²) in [5, 5.41) is 13.0. The lowest BCUT2D eigenvalue weighted by atomic mass is 10.1. The number of anilines is 1. The molecule has 0 unspecified atom stereocenters. The Morgan fingerprint density at radius 3 is 2.78 bits per heavy atom. The Morgan fingerprint density at radius 1 is 1.19 bits per heavy atom. The number of aromatic nitrogens is 7. The van der Waals surface area contributed by atoms with E-state index in [1.54, 1.807) is 22.6 Å². The van der Waals surface area contributed by atoms with Crippen LogP contribution in [0.2, 0.25) is 0 Å². The molecule has 9 heteroatoms. The Morgan fingerprint density at radius 2 is 2.00 bits per heavy atom. The van der Waals surface area contributed by atoms with Gasteiger partial charge < -0.3 is 5.32 Å². The van der Waals surface area contributed by atoms with Crippen molar-refractivity contribution in [1.82, 2.24) is 34.5 Å². The van der Waals surface area contributed by atoms with Crippen LogP contribution in [0.1, 0.15) is 40.5 Å². The van der Waals surface area contributed by atoms with Crippen LogP contribution >= 0.6 is 0 Å². The lowest BCUT2D eigenvalue weighted by Crippen LogP contribution is -2.15. The maximum Gasteiger partial charge on any atom is 0.257 e. The molecule has 5 rings (SSSR count). The molecule has 0 saturated heterocycles. The average Bonchev–Trinajstić information content (AvgIpc) is 3.38. The third-order valence-electron chi connectivity index (χ3n) is 4.99. The molecule has 4 aromatic rings. The number of rotatable bonds is 3. The number of hydrogen-bond acceptors (Lipinski definition) is 6. The van der Waals surface area contributed by atoms with Crippen LogP contribution in [0.15, 0.2) is 18.6 Å². The van der Waals surface area contributed by atoms with Crippen LogP contribution in [0.25, 0.3) is 22.1 Å². The predicted molar refractivity (Wildman–Crippen MR) is 99.5 cm³/mol. The summed E-state index contributed by atoms with van der Waals surface area (Å²) >= 11 is 0. The summed E-state index contributed by atoms with van der Waals surface area (Å²) < 4.78 is 3.38. The van der Waals surface area contributed by atoms with Crippen LogP contribution in [-0.2, 0) is 14.1 Å². The van der Waals surface area contributed by atoms with Gasteiger partial charge in [0.2, 0.25) is 0 Å². The maximum absolute atomic E-state index is 13.2. The van der Waals surface area contributed by atoms with Crippen molar-refractivity contribution >= 4 is 33.8 Å². The Balaban J connectivity index is 1.63. The topological polar surface area (TPSA) is 103 Å². The SMILES string of the molecule is Cc1nn(C)c2nc(C3CC3)cc(C(=O)Nc3ncnc4c3cnn4C)c12. The number of aryl methyl sites for hydroxylation is 3. The van der Waals surface area contributed by atoms with E-state index in [4.69, 9.17) is 4.98 Å². The van der Waals surface area contributed by atoms with Gasteiger partial charge in [0, 0.05) is 25.7 Å². The second-order valence-corrected chi connectivity index (χ2v) is 6.96. The van der Waals surface area contributed by atoms with E-state index >= 15 is 0 Å². The quantitative estimate of drug-likeness (QED) is 0.598. The zero-order valence-electron chi connectivity index (χ0n) is 15.3. The van der Waals surface area contributed by atoms with Gasteiger partial charge in [-0.15, -0.1) is 0 Å². The molecule has 136 valence electrons. The normalized spacial score (nSPS) is 14.2. The Labute approximate surface area is 154 Å². The lowest BCUT2D eigenvalue weighted by molar-refractivity contribution is 0.102. The molecule has 1 N–H and O–H groups in total. The van der Waals surface area contributed by atoms with Crippen LogP contribution in [0, 0.1) is 6.92 Å². The maximum atomic E-state index is 13.2. The van der Waals surface area contributed by atoms with Gasteiger partial charge in [-0.2, -0.15) is 10.2 Å².